The molecule has 7 nitrogen and oxygen atoms in total. The molecule has 222 valence electrons. The Kier molecular flexibility index (Phi) is 7.71. The maximum absolute atomic E-state index is 14.2. The molecular formula is C36H26F2N4O3. The molecule has 0 spiro atoms. The highest BCUT2D eigenvalue weighted by Crippen LogP contribution is 2.32. The number of carbonyl (C=O) groups excluding carboxylic acids is 1. The largest absolute Gasteiger partial charge is 0.478 e. The van der Waals surface area contributed by atoms with E-state index in [1.165, 1.54) is 30.3 Å². The molecule has 0 bridgehead atoms. The third kappa shape index (κ3) is 6.08. The zero-order valence-corrected chi connectivity index (χ0v) is 24.0. The number of rotatable bonds is 8. The maximum Gasteiger partial charge on any atom is 0.335 e. The van der Waals surface area contributed by atoms with Gasteiger partial charge in [-0.3, -0.25) is 4.79 Å². The molecule has 9 heteroatoms. The van der Waals surface area contributed by atoms with Crippen molar-refractivity contribution in [1.82, 2.24) is 9.88 Å². The van der Waals surface area contributed by atoms with Gasteiger partial charge >= 0.3 is 5.97 Å². The summed E-state index contributed by atoms with van der Waals surface area (Å²) in [7, 11) is 0. The molecule has 1 aromatic heterocycles. The number of carbonyl (C=O) groups is 2. The Morgan fingerprint density at radius 3 is 2.40 bits per heavy atom. The Labute approximate surface area is 257 Å². The third-order valence-electron chi connectivity index (χ3n) is 7.70. The number of halogens is 2. The van der Waals surface area contributed by atoms with Crippen molar-refractivity contribution in [2.24, 2.45) is 0 Å². The molecule has 0 fully saturated rings. The van der Waals surface area contributed by atoms with Crippen LogP contribution in [0.2, 0.25) is 0 Å². The minimum absolute atomic E-state index is 0.152. The van der Waals surface area contributed by atoms with E-state index in [2.05, 4.69) is 10.6 Å². The van der Waals surface area contributed by atoms with Gasteiger partial charge in [0.2, 0.25) is 0 Å². The Balaban J connectivity index is 1.38. The van der Waals surface area contributed by atoms with Gasteiger partial charge in [-0.25, -0.2) is 13.6 Å². The number of benzene rings is 5. The van der Waals surface area contributed by atoms with Crippen molar-refractivity contribution in [2.75, 3.05) is 5.32 Å². The summed E-state index contributed by atoms with van der Waals surface area (Å²) in [5.74, 6) is -2.24. The Hall–Kier alpha value is -6.01. The highest BCUT2D eigenvalue weighted by Gasteiger charge is 2.20. The van der Waals surface area contributed by atoms with E-state index in [9.17, 15) is 28.7 Å². The minimum atomic E-state index is -1.03. The first-order chi connectivity index (χ1) is 21.7. The maximum atomic E-state index is 14.2. The number of hydrogen-bond acceptors (Lipinski definition) is 4. The number of nitrogens with one attached hydrogen (secondary N) is 2. The summed E-state index contributed by atoms with van der Waals surface area (Å²) in [6.07, 6.45) is 1.86. The molecule has 0 aliphatic rings. The lowest BCUT2D eigenvalue weighted by atomic mass is 10.0. The van der Waals surface area contributed by atoms with E-state index in [1.54, 1.807) is 36.4 Å². The zero-order chi connectivity index (χ0) is 31.7. The smallest absolute Gasteiger partial charge is 0.335 e. The standard InChI is InChI=1S/C36H26F2N4O3/c1-21(24-4-6-25(7-5-24)36(44)45)40-35(43)32-10-11-33(41-30-16-23(19-39)15-29(38)18-30)31-12-13-42(34(31)32)20-22-2-3-27-17-28(37)9-8-26(27)14-22/h2-18,21,41H,20H2,1H3,(H,40,43)(H,44,45)/t21-/m0/s1. The van der Waals surface area contributed by atoms with Crippen molar-refractivity contribution < 1.29 is 23.5 Å². The lowest BCUT2D eigenvalue weighted by Crippen LogP contribution is -2.27. The molecule has 0 saturated carbocycles. The summed E-state index contributed by atoms with van der Waals surface area (Å²) in [4.78, 5) is 25.0. The molecule has 3 N–H and O–H groups in total. The van der Waals surface area contributed by atoms with Gasteiger partial charge < -0.3 is 20.3 Å². The second kappa shape index (κ2) is 11.9. The van der Waals surface area contributed by atoms with Crippen LogP contribution < -0.4 is 10.6 Å². The number of amides is 1. The zero-order valence-electron chi connectivity index (χ0n) is 24.0. The summed E-state index contributed by atoms with van der Waals surface area (Å²) in [6, 6.07) is 27.5. The first-order valence-corrected chi connectivity index (χ1v) is 14.1. The van der Waals surface area contributed by atoms with Crippen LogP contribution in [-0.4, -0.2) is 21.6 Å². The fourth-order valence-electron chi connectivity index (χ4n) is 5.46. The molecule has 1 atom stereocenters. The Morgan fingerprint density at radius 2 is 1.64 bits per heavy atom. The van der Waals surface area contributed by atoms with Crippen molar-refractivity contribution >= 4 is 44.9 Å². The van der Waals surface area contributed by atoms with Crippen LogP contribution in [0.15, 0.2) is 103 Å². The van der Waals surface area contributed by atoms with Crippen molar-refractivity contribution in [3.63, 3.8) is 0 Å². The molecule has 0 radical (unpaired) electrons. The number of aromatic carboxylic acids is 1. The van der Waals surface area contributed by atoms with Crippen molar-refractivity contribution in [3.8, 4) is 6.07 Å². The number of carboxylic acids is 1. The SMILES string of the molecule is C[C@H](NC(=O)c1ccc(Nc2cc(F)cc(C#N)c2)c2ccn(Cc3ccc4cc(F)ccc4c3)c12)c1ccc(C(=O)O)cc1. The van der Waals surface area contributed by atoms with Gasteiger partial charge in [-0.1, -0.05) is 30.3 Å². The van der Waals surface area contributed by atoms with Crippen LogP contribution in [-0.2, 0) is 6.54 Å². The van der Waals surface area contributed by atoms with Crippen LogP contribution >= 0.6 is 0 Å². The topological polar surface area (TPSA) is 107 Å². The van der Waals surface area contributed by atoms with Crippen molar-refractivity contribution in [2.45, 2.75) is 19.5 Å². The summed E-state index contributed by atoms with van der Waals surface area (Å²) in [5, 5.41) is 27.1. The van der Waals surface area contributed by atoms with Crippen LogP contribution in [0.1, 0.15) is 50.4 Å². The lowest BCUT2D eigenvalue weighted by molar-refractivity contribution is 0.0696. The van der Waals surface area contributed by atoms with E-state index in [4.69, 9.17) is 0 Å². The molecule has 45 heavy (non-hydrogen) atoms. The fraction of sp³-hybridized carbons (Fsp3) is 0.0833. The summed E-state index contributed by atoms with van der Waals surface area (Å²) < 4.78 is 29.9. The second-order valence-corrected chi connectivity index (χ2v) is 10.8. The highest BCUT2D eigenvalue weighted by atomic mass is 19.1. The number of aromatic nitrogens is 1. The van der Waals surface area contributed by atoms with Crippen LogP contribution in [0, 0.1) is 23.0 Å². The van der Waals surface area contributed by atoms with Crippen LogP contribution in [0.4, 0.5) is 20.2 Å². The number of hydrogen-bond donors (Lipinski definition) is 3. The summed E-state index contributed by atoms with van der Waals surface area (Å²) in [5.41, 5.74) is 4.02. The van der Waals surface area contributed by atoms with Gasteiger partial charge in [0.05, 0.1) is 34.3 Å². The average Bonchev–Trinajstić information content (AvgIpc) is 3.44. The van der Waals surface area contributed by atoms with Gasteiger partial charge in [-0.15, -0.1) is 0 Å². The molecule has 6 rings (SSSR count). The normalized spacial score (nSPS) is 11.7. The van der Waals surface area contributed by atoms with E-state index >= 15 is 0 Å². The molecule has 1 heterocycles. The predicted octanol–water partition coefficient (Wildman–Crippen LogP) is 7.93. The Morgan fingerprint density at radius 1 is 0.889 bits per heavy atom. The van der Waals surface area contributed by atoms with Gasteiger partial charge in [0.1, 0.15) is 11.6 Å². The molecule has 0 aliphatic heterocycles. The van der Waals surface area contributed by atoms with Gasteiger partial charge in [-0.05, 0) is 95.6 Å². The van der Waals surface area contributed by atoms with E-state index in [0.29, 0.717) is 34.4 Å². The molecule has 1 amide bonds. The molecular weight excluding hydrogens is 574 g/mol. The molecule has 6 aromatic rings. The average molecular weight is 601 g/mol. The number of nitriles is 1. The van der Waals surface area contributed by atoms with Gasteiger partial charge in [0, 0.05) is 29.5 Å². The van der Waals surface area contributed by atoms with E-state index in [1.807, 2.05) is 48.0 Å². The van der Waals surface area contributed by atoms with Crippen LogP contribution in [0.5, 0.6) is 0 Å². The van der Waals surface area contributed by atoms with Crippen LogP contribution in [0.3, 0.4) is 0 Å². The van der Waals surface area contributed by atoms with E-state index in [-0.39, 0.29) is 22.9 Å². The molecule has 0 saturated heterocycles. The lowest BCUT2D eigenvalue weighted by Gasteiger charge is -2.17. The predicted molar refractivity (Wildman–Crippen MR) is 169 cm³/mol. The van der Waals surface area contributed by atoms with Crippen LogP contribution in [0.25, 0.3) is 21.7 Å². The summed E-state index contributed by atoms with van der Waals surface area (Å²) in [6.45, 7) is 2.22. The number of anilines is 2. The van der Waals surface area contributed by atoms with E-state index in [0.717, 1.165) is 28.0 Å². The van der Waals surface area contributed by atoms with Crippen molar-refractivity contribution in [1.29, 1.82) is 5.26 Å². The first-order valence-electron chi connectivity index (χ1n) is 14.1. The third-order valence-corrected chi connectivity index (χ3v) is 7.70. The van der Waals surface area contributed by atoms with Gasteiger partial charge in [0.15, 0.2) is 0 Å². The minimum Gasteiger partial charge on any atom is -0.478 e. The monoisotopic (exact) mass is 600 g/mol. The van der Waals surface area contributed by atoms with Gasteiger partial charge in [0.25, 0.3) is 5.91 Å². The fourth-order valence-corrected chi connectivity index (χ4v) is 5.46. The first kappa shape index (κ1) is 29.1. The number of fused-ring (bicyclic) bond motifs is 2. The number of carboxylic acid groups (broad SMARTS) is 1. The van der Waals surface area contributed by atoms with Gasteiger partial charge in [-0.2, -0.15) is 5.26 Å². The van der Waals surface area contributed by atoms with Crippen molar-refractivity contribution in [3.05, 3.63) is 143 Å². The second-order valence-electron chi connectivity index (χ2n) is 10.8. The number of nitrogens with zero attached hydrogens (tertiary/aromatic N) is 2. The van der Waals surface area contributed by atoms with E-state index < -0.39 is 17.8 Å². The summed E-state index contributed by atoms with van der Waals surface area (Å²) >= 11 is 0. The molecule has 5 aromatic carbocycles. The quantitative estimate of drug-likeness (QED) is 0.165. The Bertz CT molecular complexity index is 2150. The molecule has 0 aliphatic carbocycles. The highest BCUT2D eigenvalue weighted by molar-refractivity contribution is 6.10. The molecule has 0 unspecified atom stereocenters.